The molecule has 0 aromatic heterocycles. The third-order valence-electron chi connectivity index (χ3n) is 17.2. The number of aliphatic hydroxyl groups excluding tert-OH is 14. The Morgan fingerprint density at radius 2 is 0.791 bits per heavy atom. The van der Waals surface area contributed by atoms with E-state index in [4.69, 9.17) is 46.9 Å². The molecule has 4 fully saturated rings. The largest absolute Gasteiger partial charge is 0.472 e. The van der Waals surface area contributed by atoms with Crippen molar-refractivity contribution in [2.24, 2.45) is 0 Å². The van der Waals surface area contributed by atoms with E-state index in [0.29, 0.717) is 19.3 Å². The highest BCUT2D eigenvalue weighted by Gasteiger charge is 2.58. The van der Waals surface area contributed by atoms with Crippen LogP contribution in [0.25, 0.3) is 0 Å². The summed E-state index contributed by atoms with van der Waals surface area (Å²) in [5.74, 6) is -1.41. The quantitative estimate of drug-likeness (QED) is 0.0180. The van der Waals surface area contributed by atoms with Crippen LogP contribution in [-0.4, -0.2) is 256 Å². The van der Waals surface area contributed by atoms with Gasteiger partial charge in [0.15, 0.2) is 25.0 Å². The summed E-state index contributed by atoms with van der Waals surface area (Å²) in [6.07, 6.45) is -12.3. The second-order valence-electron chi connectivity index (χ2n) is 24.7. The molecule has 4 rings (SSSR count). The molecule has 0 spiro atoms. The molecule has 4 aliphatic rings. The van der Waals surface area contributed by atoms with Crippen LogP contribution < -0.4 is 0 Å². The second-order valence-corrected chi connectivity index (χ2v) is 26.1. The first kappa shape index (κ1) is 81.4. The summed E-state index contributed by atoms with van der Waals surface area (Å²) in [4.78, 5) is 37.9. The molecule has 0 aromatic rings. The van der Waals surface area contributed by atoms with Crippen molar-refractivity contribution in [1.29, 1.82) is 0 Å². The van der Waals surface area contributed by atoms with Crippen LogP contribution in [0.15, 0.2) is 12.2 Å². The minimum atomic E-state index is -5.75. The summed E-state index contributed by atoms with van der Waals surface area (Å²) in [6, 6.07) is 0. The van der Waals surface area contributed by atoms with Gasteiger partial charge in [0.2, 0.25) is 0 Å². The Balaban J connectivity index is 1.48. The minimum absolute atomic E-state index is 0.0207. The monoisotopic (exact) mass is 1340 g/mol. The summed E-state index contributed by atoms with van der Waals surface area (Å²) in [6.45, 7) is 0.0609. The molecule has 534 valence electrons. The Hall–Kier alpha value is -2.01. The summed E-state index contributed by atoms with van der Waals surface area (Å²) in [7, 11) is -5.75. The van der Waals surface area contributed by atoms with Gasteiger partial charge in [-0.3, -0.25) is 18.6 Å². The fourth-order valence-electron chi connectivity index (χ4n) is 11.4. The van der Waals surface area contributed by atoms with Crippen LogP contribution >= 0.6 is 7.82 Å². The number of ether oxygens (including phenoxy) is 8. The number of carbonyl (C=O) groups excluding carboxylic acids is 2. The highest BCUT2D eigenvalue weighted by molar-refractivity contribution is 7.47. The molecule has 3 saturated heterocycles. The number of phosphoric acid groups is 1. The van der Waals surface area contributed by atoms with Crippen molar-refractivity contribution in [2.45, 2.75) is 335 Å². The summed E-state index contributed by atoms with van der Waals surface area (Å²) >= 11 is 0. The molecule has 91 heavy (non-hydrogen) atoms. The van der Waals surface area contributed by atoms with Gasteiger partial charge in [-0.2, -0.15) is 0 Å². The lowest BCUT2D eigenvalue weighted by Gasteiger charge is -2.49. The summed E-state index contributed by atoms with van der Waals surface area (Å²) in [5.41, 5.74) is 0. The molecule has 1 aliphatic carbocycles. The Morgan fingerprint density at radius 1 is 0.429 bits per heavy atom. The third kappa shape index (κ3) is 28.2. The number of phosphoric ester groups is 1. The van der Waals surface area contributed by atoms with Crippen LogP contribution in [0.5, 0.6) is 0 Å². The molecule has 23 atom stereocenters. The lowest BCUT2D eigenvalue weighted by Crippen LogP contribution is -2.69. The first-order valence-electron chi connectivity index (χ1n) is 33.5. The van der Waals surface area contributed by atoms with Crippen LogP contribution in [0, 0.1) is 0 Å². The highest BCUT2D eigenvalue weighted by atomic mass is 31.2. The van der Waals surface area contributed by atoms with Gasteiger partial charge in [0, 0.05) is 12.8 Å². The van der Waals surface area contributed by atoms with E-state index < -0.39 is 188 Å². The zero-order chi connectivity index (χ0) is 66.9. The standard InChI is InChI=1S/C62H113O28P/c1-3-5-7-9-11-13-15-17-19-21-23-25-27-29-31-33-44(66)84-39(36-81-43(65)32-30-28-26-24-22-20-18-16-14-12-10-8-6-4-2)37-83-91(79,80)90-59-57(88-61-55(77)49(71)46(68)41(35-64)86-61)52(74)51(73)53(75)58(59)89-62-56(78)50(72)47(69)42(87-62)38-82-60-54(76)48(70)45(67)40(34-63)85-60/h17,19,39-42,45-64,67-78H,3-16,18,20-38H2,1-2H3,(H,79,80)/b19-17-/t39-,40?,41?,42?,45+,46-,47+,48?,49?,50?,51+,52?,53?,54+,55-,56+,57-,58?,59+,60-,61-,62+/m1/s1. The van der Waals surface area contributed by atoms with Gasteiger partial charge in [-0.25, -0.2) is 4.57 Å². The van der Waals surface area contributed by atoms with E-state index >= 15 is 0 Å². The number of hydrogen-bond donors (Lipinski definition) is 15. The molecule has 28 nitrogen and oxygen atoms in total. The Kier molecular flexibility index (Phi) is 40.0. The van der Waals surface area contributed by atoms with Gasteiger partial charge in [-0.05, 0) is 38.5 Å². The Labute approximate surface area is 535 Å². The van der Waals surface area contributed by atoms with E-state index in [2.05, 4.69) is 26.0 Å². The van der Waals surface area contributed by atoms with E-state index in [-0.39, 0.29) is 12.8 Å². The van der Waals surface area contributed by atoms with Crippen molar-refractivity contribution in [3.8, 4) is 0 Å². The van der Waals surface area contributed by atoms with Gasteiger partial charge < -0.3 is 114 Å². The molecular weight excluding hydrogens is 1220 g/mol. The summed E-state index contributed by atoms with van der Waals surface area (Å²) in [5, 5.41) is 150. The summed E-state index contributed by atoms with van der Waals surface area (Å²) < 4.78 is 69.9. The molecular formula is C62H113O28P. The number of allylic oxidation sites excluding steroid dienone is 2. The molecule has 0 bridgehead atoms. The normalized spacial score (nSPS) is 34.1. The highest BCUT2D eigenvalue weighted by Crippen LogP contribution is 2.49. The van der Waals surface area contributed by atoms with Crippen molar-refractivity contribution in [3.63, 3.8) is 0 Å². The van der Waals surface area contributed by atoms with Crippen LogP contribution in [0.3, 0.4) is 0 Å². The first-order valence-corrected chi connectivity index (χ1v) is 35.0. The Bertz CT molecular complexity index is 2010. The van der Waals surface area contributed by atoms with E-state index in [0.717, 1.165) is 64.2 Å². The van der Waals surface area contributed by atoms with Crippen molar-refractivity contribution >= 4 is 19.8 Å². The maximum atomic E-state index is 14.3. The fraction of sp³-hybridized carbons (Fsp3) is 0.935. The van der Waals surface area contributed by atoms with Gasteiger partial charge in [-0.15, -0.1) is 0 Å². The molecule has 0 radical (unpaired) electrons. The lowest BCUT2D eigenvalue weighted by atomic mass is 9.84. The maximum Gasteiger partial charge on any atom is 0.472 e. The number of unbranched alkanes of at least 4 members (excludes halogenated alkanes) is 24. The van der Waals surface area contributed by atoms with Gasteiger partial charge in [-0.1, -0.05) is 161 Å². The van der Waals surface area contributed by atoms with Gasteiger partial charge >= 0.3 is 19.8 Å². The fourth-order valence-corrected chi connectivity index (χ4v) is 12.4. The Morgan fingerprint density at radius 3 is 1.23 bits per heavy atom. The molecule has 29 heteroatoms. The van der Waals surface area contributed by atoms with E-state index in [9.17, 15) is 90.5 Å². The van der Waals surface area contributed by atoms with Crippen molar-refractivity contribution < 1.29 is 137 Å². The van der Waals surface area contributed by atoms with Crippen molar-refractivity contribution in [3.05, 3.63) is 12.2 Å². The van der Waals surface area contributed by atoms with Crippen LogP contribution in [0.4, 0.5) is 0 Å². The van der Waals surface area contributed by atoms with Crippen LogP contribution in [-0.2, 0) is 61.1 Å². The minimum Gasteiger partial charge on any atom is -0.462 e. The number of rotatable bonds is 47. The zero-order valence-electron chi connectivity index (χ0n) is 53.4. The predicted molar refractivity (Wildman–Crippen MR) is 324 cm³/mol. The topological polar surface area (TPSA) is 447 Å². The molecule has 10 unspecified atom stereocenters. The van der Waals surface area contributed by atoms with E-state index in [1.807, 2.05) is 0 Å². The number of esters is 2. The second kappa shape index (κ2) is 44.7. The van der Waals surface area contributed by atoms with Gasteiger partial charge in [0.1, 0.15) is 116 Å². The zero-order valence-corrected chi connectivity index (χ0v) is 54.3. The molecule has 3 heterocycles. The van der Waals surface area contributed by atoms with E-state index in [1.54, 1.807) is 0 Å². The molecule has 15 N–H and O–H groups in total. The molecule has 0 aromatic carbocycles. The molecule has 1 saturated carbocycles. The van der Waals surface area contributed by atoms with E-state index in [1.165, 1.54) is 89.9 Å². The average molecular weight is 1340 g/mol. The third-order valence-corrected chi connectivity index (χ3v) is 18.2. The van der Waals surface area contributed by atoms with Crippen molar-refractivity contribution in [2.75, 3.05) is 33.0 Å². The van der Waals surface area contributed by atoms with Gasteiger partial charge in [0.05, 0.1) is 26.4 Å². The van der Waals surface area contributed by atoms with Crippen molar-refractivity contribution in [1.82, 2.24) is 0 Å². The predicted octanol–water partition coefficient (Wildman–Crippen LogP) is 2.14. The SMILES string of the molecule is CCCCCCCC/C=C\CCCCCCCC(=O)O[C@H](COC(=O)CCCCCCCCCCCCCCCC)COP(=O)(O)O[C@@H]1C(O[C@@H]2OC(CO[C@@H]3OC(CO)[C@H](O)C(O)[C@@H]3O)[C@H](O)C(O)[C@@H]2O)C(O)[C@@H](O)C(O)[C@H]1O[C@H]1OC(CO)[C@@H](O)C(O)[C@H]1O. The molecule has 0 amide bonds. The van der Waals surface area contributed by atoms with Crippen LogP contribution in [0.2, 0.25) is 0 Å². The first-order chi connectivity index (χ1) is 43.6. The van der Waals surface area contributed by atoms with Crippen LogP contribution in [0.1, 0.15) is 200 Å². The maximum absolute atomic E-state index is 14.3. The number of carbonyl (C=O) groups is 2. The van der Waals surface area contributed by atoms with Gasteiger partial charge in [0.25, 0.3) is 0 Å². The number of aliphatic hydroxyl groups is 14. The number of hydrogen-bond acceptors (Lipinski definition) is 27. The lowest BCUT2D eigenvalue weighted by molar-refractivity contribution is -0.364. The average Bonchev–Trinajstić information content (AvgIpc) is 1.38. The smallest absolute Gasteiger partial charge is 0.462 e. The molecule has 3 aliphatic heterocycles.